The molecular formula is C16H17N5O. The van der Waals surface area contributed by atoms with Crippen LogP contribution in [0.15, 0.2) is 42.9 Å². The van der Waals surface area contributed by atoms with Crippen molar-refractivity contribution >= 4 is 16.9 Å². The van der Waals surface area contributed by atoms with Crippen LogP contribution in [0.5, 0.6) is 0 Å². The summed E-state index contributed by atoms with van der Waals surface area (Å²) in [4.78, 5) is 16.6. The fourth-order valence-corrected chi connectivity index (χ4v) is 3.05. The van der Waals surface area contributed by atoms with Crippen molar-refractivity contribution < 1.29 is 4.79 Å². The van der Waals surface area contributed by atoms with Crippen LogP contribution in [0.3, 0.4) is 0 Å². The van der Waals surface area contributed by atoms with Gasteiger partial charge in [0, 0.05) is 30.9 Å². The molecule has 1 aliphatic heterocycles. The number of rotatable bonds is 3. The van der Waals surface area contributed by atoms with Gasteiger partial charge >= 0.3 is 0 Å². The maximum atomic E-state index is 12.3. The van der Waals surface area contributed by atoms with E-state index in [0.717, 1.165) is 30.4 Å². The van der Waals surface area contributed by atoms with Crippen molar-refractivity contribution in [1.82, 2.24) is 24.6 Å². The second kappa shape index (κ2) is 5.29. The molecule has 6 heteroatoms. The molecule has 3 aromatic rings. The molecule has 1 aromatic carbocycles. The van der Waals surface area contributed by atoms with Crippen molar-refractivity contribution in [2.45, 2.75) is 32.0 Å². The number of carbonyl (C=O) groups excluding carboxylic acids is 1. The highest BCUT2D eigenvalue weighted by atomic mass is 16.2. The lowest BCUT2D eigenvalue weighted by Gasteiger charge is -2.24. The normalized spacial score (nSPS) is 17.4. The van der Waals surface area contributed by atoms with Crippen LogP contribution in [0.4, 0.5) is 0 Å². The third kappa shape index (κ3) is 2.36. The van der Waals surface area contributed by atoms with Gasteiger partial charge in [0.25, 0.3) is 0 Å². The zero-order chi connectivity index (χ0) is 14.9. The number of amides is 1. The molecule has 4 rings (SSSR count). The highest BCUT2D eigenvalue weighted by molar-refractivity contribution is 5.80. The van der Waals surface area contributed by atoms with E-state index in [1.165, 1.54) is 5.69 Å². The van der Waals surface area contributed by atoms with Crippen LogP contribution in [0.2, 0.25) is 0 Å². The van der Waals surface area contributed by atoms with Crippen molar-refractivity contribution in [3.8, 4) is 0 Å². The van der Waals surface area contributed by atoms with E-state index in [4.69, 9.17) is 0 Å². The lowest BCUT2D eigenvalue weighted by atomic mass is 10.0. The SMILES string of the molecule is O=C(Cn1cnc2ccccc21)NC1CCn2nccc2C1. The van der Waals surface area contributed by atoms with Gasteiger partial charge in [0.1, 0.15) is 6.54 Å². The Bertz CT molecular complexity index is 819. The largest absolute Gasteiger partial charge is 0.351 e. The molecule has 0 saturated heterocycles. The molecule has 1 atom stereocenters. The molecule has 0 saturated carbocycles. The minimum Gasteiger partial charge on any atom is -0.351 e. The number of aryl methyl sites for hydroxylation is 1. The number of aromatic nitrogens is 4. The standard InChI is InChI=1S/C16H17N5O/c22-16(10-20-11-17-14-3-1-2-4-15(14)20)19-12-6-8-21-13(9-12)5-7-18-21/h1-5,7,11-12H,6,8-10H2,(H,19,22). The fraction of sp³-hybridized carbons (Fsp3) is 0.312. The van der Waals surface area contributed by atoms with E-state index >= 15 is 0 Å². The van der Waals surface area contributed by atoms with Gasteiger partial charge in [0.15, 0.2) is 0 Å². The average Bonchev–Trinajstić information content (AvgIpc) is 3.14. The number of hydrogen-bond donors (Lipinski definition) is 1. The Morgan fingerprint density at radius 1 is 1.32 bits per heavy atom. The second-order valence-corrected chi connectivity index (χ2v) is 5.66. The Morgan fingerprint density at radius 3 is 3.18 bits per heavy atom. The van der Waals surface area contributed by atoms with Gasteiger partial charge in [0.05, 0.1) is 17.4 Å². The molecule has 1 amide bonds. The number of benzene rings is 1. The predicted octanol–water partition coefficient (Wildman–Crippen LogP) is 1.36. The first-order valence-corrected chi connectivity index (χ1v) is 7.49. The Balaban J connectivity index is 1.43. The van der Waals surface area contributed by atoms with Crippen molar-refractivity contribution in [2.24, 2.45) is 0 Å². The Labute approximate surface area is 127 Å². The summed E-state index contributed by atoms with van der Waals surface area (Å²) in [5.41, 5.74) is 3.08. The Kier molecular flexibility index (Phi) is 3.14. The van der Waals surface area contributed by atoms with Crippen LogP contribution in [-0.4, -0.2) is 31.3 Å². The van der Waals surface area contributed by atoms with Gasteiger partial charge in [0.2, 0.25) is 5.91 Å². The number of carbonyl (C=O) groups is 1. The van der Waals surface area contributed by atoms with E-state index in [1.54, 1.807) is 6.33 Å². The summed E-state index contributed by atoms with van der Waals surface area (Å²) in [6, 6.07) is 10.0. The molecule has 2 aromatic heterocycles. The molecule has 1 N–H and O–H groups in total. The van der Waals surface area contributed by atoms with Crippen molar-refractivity contribution in [3.05, 3.63) is 48.5 Å². The molecule has 1 unspecified atom stereocenters. The second-order valence-electron chi connectivity index (χ2n) is 5.66. The van der Waals surface area contributed by atoms with Gasteiger partial charge in [-0.15, -0.1) is 0 Å². The molecule has 0 fully saturated rings. The summed E-state index contributed by atoms with van der Waals surface area (Å²) in [5.74, 6) is 0.0288. The smallest absolute Gasteiger partial charge is 0.240 e. The molecule has 6 nitrogen and oxygen atoms in total. The van der Waals surface area contributed by atoms with Crippen LogP contribution < -0.4 is 5.32 Å². The molecule has 0 bridgehead atoms. The first-order valence-electron chi connectivity index (χ1n) is 7.49. The van der Waals surface area contributed by atoms with Crippen LogP contribution >= 0.6 is 0 Å². The number of fused-ring (bicyclic) bond motifs is 2. The predicted molar refractivity (Wildman–Crippen MR) is 82.2 cm³/mol. The fourth-order valence-electron chi connectivity index (χ4n) is 3.05. The number of imidazole rings is 1. The van der Waals surface area contributed by atoms with Crippen molar-refractivity contribution in [1.29, 1.82) is 0 Å². The minimum atomic E-state index is 0.0288. The van der Waals surface area contributed by atoms with Gasteiger partial charge in [-0.25, -0.2) is 4.98 Å². The first kappa shape index (κ1) is 13.1. The third-order valence-corrected chi connectivity index (χ3v) is 4.16. The summed E-state index contributed by atoms with van der Waals surface area (Å²) in [5, 5.41) is 7.38. The first-order chi connectivity index (χ1) is 10.8. The van der Waals surface area contributed by atoms with E-state index in [0.29, 0.717) is 6.54 Å². The van der Waals surface area contributed by atoms with E-state index in [2.05, 4.69) is 15.4 Å². The lowest BCUT2D eigenvalue weighted by molar-refractivity contribution is -0.122. The molecule has 0 aliphatic carbocycles. The van der Waals surface area contributed by atoms with Gasteiger partial charge in [-0.3, -0.25) is 9.48 Å². The van der Waals surface area contributed by atoms with Gasteiger partial charge in [-0.1, -0.05) is 12.1 Å². The number of para-hydroxylation sites is 2. The van der Waals surface area contributed by atoms with Crippen LogP contribution in [-0.2, 0) is 24.3 Å². The summed E-state index contributed by atoms with van der Waals surface area (Å²) in [7, 11) is 0. The quantitative estimate of drug-likeness (QED) is 0.793. The molecule has 112 valence electrons. The number of hydrogen-bond acceptors (Lipinski definition) is 3. The zero-order valence-electron chi connectivity index (χ0n) is 12.1. The lowest BCUT2D eigenvalue weighted by Crippen LogP contribution is -2.41. The summed E-state index contributed by atoms with van der Waals surface area (Å²) in [6.07, 6.45) is 5.30. The molecule has 22 heavy (non-hydrogen) atoms. The van der Waals surface area contributed by atoms with E-state index in [-0.39, 0.29) is 11.9 Å². The minimum absolute atomic E-state index is 0.0288. The third-order valence-electron chi connectivity index (χ3n) is 4.16. The Morgan fingerprint density at radius 2 is 2.23 bits per heavy atom. The van der Waals surface area contributed by atoms with E-state index in [1.807, 2.05) is 45.8 Å². The van der Waals surface area contributed by atoms with Crippen LogP contribution in [0.1, 0.15) is 12.1 Å². The Hall–Kier alpha value is -2.63. The zero-order valence-corrected chi connectivity index (χ0v) is 12.1. The van der Waals surface area contributed by atoms with Crippen molar-refractivity contribution in [2.75, 3.05) is 0 Å². The maximum Gasteiger partial charge on any atom is 0.240 e. The number of nitrogens with one attached hydrogen (secondary N) is 1. The highest BCUT2D eigenvalue weighted by Crippen LogP contribution is 2.14. The average molecular weight is 295 g/mol. The van der Waals surface area contributed by atoms with Crippen LogP contribution in [0, 0.1) is 0 Å². The summed E-state index contributed by atoms with van der Waals surface area (Å²) < 4.78 is 3.89. The molecule has 0 spiro atoms. The summed E-state index contributed by atoms with van der Waals surface area (Å²) in [6.45, 7) is 1.16. The maximum absolute atomic E-state index is 12.3. The monoisotopic (exact) mass is 295 g/mol. The van der Waals surface area contributed by atoms with Gasteiger partial charge in [-0.05, 0) is 24.6 Å². The van der Waals surface area contributed by atoms with Gasteiger partial charge in [-0.2, -0.15) is 5.10 Å². The molecule has 1 aliphatic rings. The van der Waals surface area contributed by atoms with Gasteiger partial charge < -0.3 is 9.88 Å². The van der Waals surface area contributed by atoms with E-state index < -0.39 is 0 Å². The van der Waals surface area contributed by atoms with E-state index in [9.17, 15) is 4.79 Å². The summed E-state index contributed by atoms with van der Waals surface area (Å²) >= 11 is 0. The van der Waals surface area contributed by atoms with Crippen molar-refractivity contribution in [3.63, 3.8) is 0 Å². The topological polar surface area (TPSA) is 64.7 Å². The molecule has 3 heterocycles. The highest BCUT2D eigenvalue weighted by Gasteiger charge is 2.20. The molecular weight excluding hydrogens is 278 g/mol. The number of nitrogens with zero attached hydrogens (tertiary/aromatic N) is 4. The molecule has 0 radical (unpaired) electrons. The van der Waals surface area contributed by atoms with Crippen LogP contribution in [0.25, 0.3) is 11.0 Å².